The molecule has 0 aromatic heterocycles. The number of ether oxygens (including phenoxy) is 1. The molecule has 2 rings (SSSR count). The fraction of sp³-hybridized carbons (Fsp3) is 0.955. The summed E-state index contributed by atoms with van der Waals surface area (Å²) in [7, 11) is 0. The Kier molecular flexibility index (Phi) is 10.5. The third kappa shape index (κ3) is 8.45. The van der Waals surface area contributed by atoms with Crippen LogP contribution in [0.25, 0.3) is 0 Å². The molecule has 2 aliphatic carbocycles. The van der Waals surface area contributed by atoms with Crippen LogP contribution in [0.3, 0.4) is 0 Å². The standard InChI is InChI=1S/C22H39BrO2/c1-2-3-4-5-6-7-8-9-18-10-16-21(17-11-18)25-22(24)19-12-14-20(23)15-13-19/h18-21H,2-17H2,1H3. The second-order valence-electron chi connectivity index (χ2n) is 8.44. The van der Waals surface area contributed by atoms with Crippen LogP contribution in [0.1, 0.15) is 110 Å². The van der Waals surface area contributed by atoms with Crippen molar-refractivity contribution >= 4 is 21.9 Å². The SMILES string of the molecule is CCCCCCCCCC1CCC(OC(=O)C2CCC(Br)CC2)CC1. The molecular formula is C22H39BrO2. The fourth-order valence-electron chi connectivity index (χ4n) is 4.48. The third-order valence-corrected chi connectivity index (χ3v) is 7.20. The Morgan fingerprint density at radius 1 is 0.840 bits per heavy atom. The van der Waals surface area contributed by atoms with Gasteiger partial charge in [-0.3, -0.25) is 4.79 Å². The monoisotopic (exact) mass is 414 g/mol. The van der Waals surface area contributed by atoms with Crippen LogP contribution in [-0.4, -0.2) is 16.9 Å². The maximum absolute atomic E-state index is 12.3. The van der Waals surface area contributed by atoms with Crippen molar-refractivity contribution in [2.45, 2.75) is 121 Å². The highest BCUT2D eigenvalue weighted by Crippen LogP contribution is 2.33. The average Bonchev–Trinajstić information content (AvgIpc) is 2.63. The number of esters is 1. The topological polar surface area (TPSA) is 26.3 Å². The lowest BCUT2D eigenvalue weighted by atomic mass is 9.83. The second kappa shape index (κ2) is 12.4. The van der Waals surface area contributed by atoms with Crippen molar-refractivity contribution in [3.8, 4) is 0 Å². The zero-order valence-corrected chi connectivity index (χ0v) is 17.9. The fourth-order valence-corrected chi connectivity index (χ4v) is 5.01. The van der Waals surface area contributed by atoms with Crippen LogP contribution < -0.4 is 0 Å². The van der Waals surface area contributed by atoms with Crippen LogP contribution >= 0.6 is 15.9 Å². The zero-order valence-electron chi connectivity index (χ0n) is 16.3. The summed E-state index contributed by atoms with van der Waals surface area (Å²) < 4.78 is 5.84. The smallest absolute Gasteiger partial charge is 0.309 e. The lowest BCUT2D eigenvalue weighted by Crippen LogP contribution is -2.30. The van der Waals surface area contributed by atoms with E-state index in [2.05, 4.69) is 22.9 Å². The Labute approximate surface area is 164 Å². The Morgan fingerprint density at radius 2 is 1.44 bits per heavy atom. The van der Waals surface area contributed by atoms with Crippen LogP contribution in [0.5, 0.6) is 0 Å². The summed E-state index contributed by atoms with van der Waals surface area (Å²) in [6.07, 6.45) is 20.4. The zero-order chi connectivity index (χ0) is 17.9. The third-order valence-electron chi connectivity index (χ3n) is 6.28. The first kappa shape index (κ1) is 21.3. The predicted molar refractivity (Wildman–Crippen MR) is 109 cm³/mol. The molecule has 0 aromatic carbocycles. The van der Waals surface area contributed by atoms with Gasteiger partial charge >= 0.3 is 5.97 Å². The minimum atomic E-state index is 0.0925. The van der Waals surface area contributed by atoms with Gasteiger partial charge in [-0.2, -0.15) is 0 Å². The highest BCUT2D eigenvalue weighted by molar-refractivity contribution is 9.09. The first-order chi connectivity index (χ1) is 12.2. The van der Waals surface area contributed by atoms with Gasteiger partial charge in [-0.15, -0.1) is 0 Å². The van der Waals surface area contributed by atoms with Crippen molar-refractivity contribution in [3.63, 3.8) is 0 Å². The molecular weight excluding hydrogens is 376 g/mol. The molecule has 0 unspecified atom stereocenters. The van der Waals surface area contributed by atoms with Crippen molar-refractivity contribution in [2.24, 2.45) is 11.8 Å². The van der Waals surface area contributed by atoms with E-state index in [4.69, 9.17) is 4.74 Å². The van der Waals surface area contributed by atoms with E-state index >= 15 is 0 Å². The van der Waals surface area contributed by atoms with E-state index < -0.39 is 0 Å². The maximum Gasteiger partial charge on any atom is 0.309 e. The number of carbonyl (C=O) groups excluding carboxylic acids is 1. The molecule has 2 saturated carbocycles. The van der Waals surface area contributed by atoms with Crippen LogP contribution in [0.15, 0.2) is 0 Å². The van der Waals surface area contributed by atoms with Gasteiger partial charge < -0.3 is 4.74 Å². The van der Waals surface area contributed by atoms with E-state index in [1.54, 1.807) is 0 Å². The second-order valence-corrected chi connectivity index (χ2v) is 9.73. The average molecular weight is 415 g/mol. The number of alkyl halides is 1. The van der Waals surface area contributed by atoms with Gasteiger partial charge in [0.1, 0.15) is 6.10 Å². The van der Waals surface area contributed by atoms with E-state index in [-0.39, 0.29) is 18.0 Å². The molecule has 2 aliphatic rings. The highest BCUT2D eigenvalue weighted by atomic mass is 79.9. The first-order valence-corrected chi connectivity index (χ1v) is 11.9. The van der Waals surface area contributed by atoms with Gasteiger partial charge in [0.05, 0.1) is 5.92 Å². The molecule has 0 aliphatic heterocycles. The summed E-state index contributed by atoms with van der Waals surface area (Å²) in [5.74, 6) is 1.14. The van der Waals surface area contributed by atoms with Gasteiger partial charge in [0.2, 0.25) is 0 Å². The number of hydrogen-bond donors (Lipinski definition) is 0. The molecule has 25 heavy (non-hydrogen) atoms. The Morgan fingerprint density at radius 3 is 2.08 bits per heavy atom. The van der Waals surface area contributed by atoms with Crippen LogP contribution in [0.4, 0.5) is 0 Å². The normalized spacial score (nSPS) is 30.2. The Balaban J connectivity index is 1.50. The maximum atomic E-state index is 12.3. The van der Waals surface area contributed by atoms with Gasteiger partial charge in [-0.05, 0) is 57.3 Å². The number of unbranched alkanes of at least 4 members (excludes halogenated alkanes) is 6. The number of halogens is 1. The molecule has 146 valence electrons. The van der Waals surface area contributed by atoms with Crippen molar-refractivity contribution in [1.29, 1.82) is 0 Å². The Bertz CT molecular complexity index is 355. The van der Waals surface area contributed by atoms with Gasteiger partial charge in [-0.1, -0.05) is 74.2 Å². The number of rotatable bonds is 10. The minimum absolute atomic E-state index is 0.0925. The van der Waals surface area contributed by atoms with E-state index in [9.17, 15) is 4.79 Å². The van der Waals surface area contributed by atoms with E-state index in [0.29, 0.717) is 4.83 Å². The lowest BCUT2D eigenvalue weighted by molar-refractivity contribution is -0.157. The predicted octanol–water partition coefficient (Wildman–Crippen LogP) is 7.18. The highest BCUT2D eigenvalue weighted by Gasteiger charge is 2.29. The van der Waals surface area contributed by atoms with Crippen molar-refractivity contribution in [3.05, 3.63) is 0 Å². The largest absolute Gasteiger partial charge is 0.462 e. The molecule has 0 amide bonds. The summed E-state index contributed by atoms with van der Waals surface area (Å²) in [4.78, 5) is 12.9. The van der Waals surface area contributed by atoms with Gasteiger partial charge in [0, 0.05) is 4.83 Å². The van der Waals surface area contributed by atoms with Crippen LogP contribution in [0, 0.1) is 11.8 Å². The van der Waals surface area contributed by atoms with Gasteiger partial charge in [0.15, 0.2) is 0 Å². The molecule has 0 radical (unpaired) electrons. The number of hydrogen-bond acceptors (Lipinski definition) is 2. The molecule has 2 fully saturated rings. The molecule has 0 atom stereocenters. The Hall–Kier alpha value is -0.0500. The molecule has 3 heteroatoms. The molecule has 2 nitrogen and oxygen atoms in total. The molecule has 0 bridgehead atoms. The first-order valence-electron chi connectivity index (χ1n) is 11.0. The van der Waals surface area contributed by atoms with E-state index in [0.717, 1.165) is 44.4 Å². The number of carbonyl (C=O) groups is 1. The summed E-state index contributed by atoms with van der Waals surface area (Å²) in [5.41, 5.74) is 0. The van der Waals surface area contributed by atoms with Crippen LogP contribution in [0.2, 0.25) is 0 Å². The van der Waals surface area contributed by atoms with Crippen molar-refractivity contribution in [1.82, 2.24) is 0 Å². The minimum Gasteiger partial charge on any atom is -0.462 e. The van der Waals surface area contributed by atoms with Crippen molar-refractivity contribution < 1.29 is 9.53 Å². The van der Waals surface area contributed by atoms with Crippen LogP contribution in [-0.2, 0) is 9.53 Å². The lowest BCUT2D eigenvalue weighted by Gasteiger charge is -2.30. The van der Waals surface area contributed by atoms with Crippen molar-refractivity contribution in [2.75, 3.05) is 0 Å². The van der Waals surface area contributed by atoms with Gasteiger partial charge in [-0.25, -0.2) is 0 Å². The van der Waals surface area contributed by atoms with Gasteiger partial charge in [0.25, 0.3) is 0 Å². The molecule has 0 spiro atoms. The molecule has 0 heterocycles. The molecule has 0 saturated heterocycles. The summed E-state index contributed by atoms with van der Waals surface area (Å²) in [6, 6.07) is 0. The quantitative estimate of drug-likeness (QED) is 0.215. The molecule has 0 N–H and O–H groups in total. The van der Waals surface area contributed by atoms with E-state index in [1.807, 2.05) is 0 Å². The summed E-state index contributed by atoms with van der Waals surface area (Å²) in [5, 5.41) is 0. The summed E-state index contributed by atoms with van der Waals surface area (Å²) >= 11 is 3.66. The molecule has 0 aromatic rings. The van der Waals surface area contributed by atoms with E-state index in [1.165, 1.54) is 64.2 Å². The summed E-state index contributed by atoms with van der Waals surface area (Å²) in [6.45, 7) is 2.28.